The van der Waals surface area contributed by atoms with Crippen LogP contribution in [0.5, 0.6) is 0 Å². The summed E-state index contributed by atoms with van der Waals surface area (Å²) >= 11 is 1.67. The van der Waals surface area contributed by atoms with Crippen LogP contribution in [0.1, 0.15) is 0 Å². The van der Waals surface area contributed by atoms with Gasteiger partial charge >= 0.3 is 0 Å². The van der Waals surface area contributed by atoms with Crippen molar-refractivity contribution in [3.63, 3.8) is 0 Å². The van der Waals surface area contributed by atoms with E-state index in [0.717, 1.165) is 11.3 Å². The van der Waals surface area contributed by atoms with Crippen LogP contribution in [0.25, 0.3) is 16.2 Å². The molecule has 0 aliphatic heterocycles. The summed E-state index contributed by atoms with van der Waals surface area (Å²) in [5.74, 6) is 0. The third kappa shape index (κ3) is 1.39. The van der Waals surface area contributed by atoms with Crippen molar-refractivity contribution in [1.29, 1.82) is 0 Å². The molecular formula is C11H8N2OS. The molecule has 1 N–H and O–H groups in total. The molecule has 0 saturated carbocycles. The maximum absolute atomic E-state index is 11.1. The summed E-state index contributed by atoms with van der Waals surface area (Å²) in [6, 6.07) is 7.21. The largest absolute Gasteiger partial charge is 0.339 e. The molecular weight excluding hydrogens is 208 g/mol. The van der Waals surface area contributed by atoms with E-state index in [1.807, 2.05) is 28.1 Å². The Kier molecular flexibility index (Phi) is 1.76. The Labute approximate surface area is 89.6 Å². The molecule has 74 valence electrons. The second-order valence-corrected chi connectivity index (χ2v) is 4.25. The van der Waals surface area contributed by atoms with Crippen molar-refractivity contribution in [2.45, 2.75) is 0 Å². The number of imidazole rings is 1. The SMILES string of the molecule is O=c1ccn2cc(-c3cccs3)[nH]c2c1. The van der Waals surface area contributed by atoms with E-state index < -0.39 is 0 Å². The van der Waals surface area contributed by atoms with Crippen LogP contribution < -0.4 is 5.43 Å². The predicted octanol–water partition coefficient (Wildman–Crippen LogP) is 2.36. The second-order valence-electron chi connectivity index (χ2n) is 3.30. The van der Waals surface area contributed by atoms with Crippen molar-refractivity contribution in [2.24, 2.45) is 0 Å². The van der Waals surface area contributed by atoms with Crippen LogP contribution >= 0.6 is 11.3 Å². The fourth-order valence-corrected chi connectivity index (χ4v) is 2.26. The van der Waals surface area contributed by atoms with Crippen LogP contribution in [0, 0.1) is 0 Å². The number of rotatable bonds is 1. The monoisotopic (exact) mass is 216 g/mol. The van der Waals surface area contributed by atoms with E-state index in [2.05, 4.69) is 4.98 Å². The first kappa shape index (κ1) is 8.49. The molecule has 0 bridgehead atoms. The highest BCUT2D eigenvalue weighted by Crippen LogP contribution is 2.23. The fraction of sp³-hybridized carbons (Fsp3) is 0. The van der Waals surface area contributed by atoms with Gasteiger partial charge in [0.2, 0.25) is 0 Å². The highest BCUT2D eigenvalue weighted by atomic mass is 32.1. The topological polar surface area (TPSA) is 37.3 Å². The van der Waals surface area contributed by atoms with Crippen molar-refractivity contribution < 1.29 is 0 Å². The van der Waals surface area contributed by atoms with Gasteiger partial charge in [-0.1, -0.05) is 6.07 Å². The minimum absolute atomic E-state index is 0.0228. The number of hydrogen-bond acceptors (Lipinski definition) is 2. The van der Waals surface area contributed by atoms with Gasteiger partial charge in [-0.2, -0.15) is 0 Å². The molecule has 0 saturated heterocycles. The van der Waals surface area contributed by atoms with E-state index >= 15 is 0 Å². The molecule has 0 amide bonds. The number of hydrogen-bond donors (Lipinski definition) is 1. The van der Waals surface area contributed by atoms with Crippen LogP contribution in [-0.4, -0.2) is 9.38 Å². The molecule has 3 aromatic heterocycles. The Bertz CT molecular complexity index is 649. The molecule has 15 heavy (non-hydrogen) atoms. The quantitative estimate of drug-likeness (QED) is 0.666. The molecule has 3 heterocycles. The number of H-pyrrole nitrogens is 1. The number of aromatic amines is 1. The summed E-state index contributed by atoms with van der Waals surface area (Å²) in [6.45, 7) is 0. The Morgan fingerprint density at radius 1 is 1.33 bits per heavy atom. The molecule has 0 fully saturated rings. The minimum atomic E-state index is 0.0228. The third-order valence-electron chi connectivity index (χ3n) is 2.27. The summed E-state index contributed by atoms with van der Waals surface area (Å²) < 4.78 is 1.91. The van der Waals surface area contributed by atoms with Gasteiger partial charge in [-0.15, -0.1) is 11.3 Å². The Morgan fingerprint density at radius 2 is 2.27 bits per heavy atom. The summed E-state index contributed by atoms with van der Waals surface area (Å²) in [4.78, 5) is 15.5. The molecule has 0 radical (unpaired) electrons. The van der Waals surface area contributed by atoms with Gasteiger partial charge in [0, 0.05) is 24.5 Å². The highest BCUT2D eigenvalue weighted by Gasteiger charge is 2.02. The number of aromatic nitrogens is 2. The standard InChI is InChI=1S/C11H8N2OS/c14-8-3-4-13-7-9(12-11(13)6-8)10-2-1-5-15-10/h1-7,12H. The lowest BCUT2D eigenvalue weighted by Gasteiger charge is -1.87. The molecule has 0 aromatic carbocycles. The van der Waals surface area contributed by atoms with E-state index in [1.54, 1.807) is 29.7 Å². The summed E-state index contributed by atoms with van der Waals surface area (Å²) in [7, 11) is 0. The van der Waals surface area contributed by atoms with Gasteiger partial charge in [0.25, 0.3) is 0 Å². The van der Waals surface area contributed by atoms with Gasteiger partial charge < -0.3 is 9.38 Å². The van der Waals surface area contributed by atoms with Gasteiger partial charge in [0.15, 0.2) is 5.43 Å². The Balaban J connectivity index is 2.27. The fourth-order valence-electron chi connectivity index (χ4n) is 1.57. The lowest BCUT2D eigenvalue weighted by molar-refractivity contribution is 1.18. The Morgan fingerprint density at radius 3 is 3.07 bits per heavy atom. The second kappa shape index (κ2) is 3.10. The summed E-state index contributed by atoms with van der Waals surface area (Å²) in [5.41, 5.74) is 1.89. The molecule has 0 aliphatic carbocycles. The van der Waals surface area contributed by atoms with Crippen molar-refractivity contribution in [1.82, 2.24) is 9.38 Å². The molecule has 3 rings (SSSR count). The first-order chi connectivity index (χ1) is 7.33. The number of nitrogens with one attached hydrogen (secondary N) is 1. The molecule has 0 atom stereocenters. The lowest BCUT2D eigenvalue weighted by Crippen LogP contribution is -1.97. The van der Waals surface area contributed by atoms with E-state index in [4.69, 9.17) is 0 Å². The average molecular weight is 216 g/mol. The molecule has 3 nitrogen and oxygen atoms in total. The zero-order valence-corrected chi connectivity index (χ0v) is 8.62. The maximum Gasteiger partial charge on any atom is 0.183 e. The number of fused-ring (bicyclic) bond motifs is 1. The smallest absolute Gasteiger partial charge is 0.183 e. The number of thiophene rings is 1. The third-order valence-corrected chi connectivity index (χ3v) is 3.18. The first-order valence-corrected chi connectivity index (χ1v) is 5.46. The average Bonchev–Trinajstić information content (AvgIpc) is 2.84. The Hall–Kier alpha value is -1.81. The van der Waals surface area contributed by atoms with Crippen molar-refractivity contribution in [3.8, 4) is 10.6 Å². The van der Waals surface area contributed by atoms with Crippen LogP contribution in [0.4, 0.5) is 0 Å². The van der Waals surface area contributed by atoms with E-state index in [1.165, 1.54) is 4.88 Å². The summed E-state index contributed by atoms with van der Waals surface area (Å²) in [5, 5.41) is 2.03. The van der Waals surface area contributed by atoms with Gasteiger partial charge in [0.1, 0.15) is 5.65 Å². The molecule has 3 aromatic rings. The van der Waals surface area contributed by atoms with Crippen molar-refractivity contribution in [3.05, 3.63) is 52.3 Å². The number of pyridine rings is 1. The zero-order chi connectivity index (χ0) is 10.3. The predicted molar refractivity (Wildman–Crippen MR) is 61.3 cm³/mol. The van der Waals surface area contributed by atoms with E-state index in [-0.39, 0.29) is 5.43 Å². The van der Waals surface area contributed by atoms with Crippen LogP contribution in [-0.2, 0) is 0 Å². The van der Waals surface area contributed by atoms with Gasteiger partial charge in [0.05, 0.1) is 10.6 Å². The van der Waals surface area contributed by atoms with Crippen LogP contribution in [0.15, 0.2) is 46.8 Å². The molecule has 0 spiro atoms. The molecule has 0 unspecified atom stereocenters. The van der Waals surface area contributed by atoms with Crippen LogP contribution in [0.2, 0.25) is 0 Å². The van der Waals surface area contributed by atoms with Gasteiger partial charge in [-0.3, -0.25) is 4.79 Å². The zero-order valence-electron chi connectivity index (χ0n) is 7.81. The summed E-state index contributed by atoms with van der Waals surface area (Å²) in [6.07, 6.45) is 3.76. The van der Waals surface area contributed by atoms with E-state index in [0.29, 0.717) is 0 Å². The first-order valence-electron chi connectivity index (χ1n) is 4.58. The molecule has 0 aliphatic rings. The number of nitrogens with zero attached hydrogens (tertiary/aromatic N) is 1. The van der Waals surface area contributed by atoms with Crippen molar-refractivity contribution in [2.75, 3.05) is 0 Å². The normalized spacial score (nSPS) is 10.9. The maximum atomic E-state index is 11.1. The van der Waals surface area contributed by atoms with Gasteiger partial charge in [-0.05, 0) is 11.4 Å². The van der Waals surface area contributed by atoms with Crippen molar-refractivity contribution >= 4 is 17.0 Å². The van der Waals surface area contributed by atoms with E-state index in [9.17, 15) is 4.79 Å². The highest BCUT2D eigenvalue weighted by molar-refractivity contribution is 7.13. The lowest BCUT2D eigenvalue weighted by atomic mass is 10.4. The van der Waals surface area contributed by atoms with Gasteiger partial charge in [-0.25, -0.2) is 0 Å². The minimum Gasteiger partial charge on any atom is -0.339 e. The van der Waals surface area contributed by atoms with Crippen LogP contribution in [0.3, 0.4) is 0 Å². The molecule has 4 heteroatoms.